The van der Waals surface area contributed by atoms with E-state index in [1.54, 1.807) is 0 Å². The molecule has 3 nitrogen and oxygen atoms in total. The lowest BCUT2D eigenvalue weighted by atomic mass is 9.85. The van der Waals surface area contributed by atoms with Crippen LogP contribution in [0.25, 0.3) is 0 Å². The molecule has 84 valence electrons. The molecule has 1 atom stereocenters. The number of hydrogen-bond donors (Lipinski definition) is 0. The maximum atomic E-state index is 13.5. The van der Waals surface area contributed by atoms with Gasteiger partial charge >= 0.3 is 0 Å². The van der Waals surface area contributed by atoms with Gasteiger partial charge in [0.25, 0.3) is 5.92 Å². The van der Waals surface area contributed by atoms with Gasteiger partial charge in [0.05, 0.1) is 6.54 Å². The number of alkyl halides is 2. The zero-order chi connectivity index (χ0) is 10.9. The van der Waals surface area contributed by atoms with Crippen LogP contribution in [-0.4, -0.2) is 20.7 Å². The zero-order valence-corrected chi connectivity index (χ0v) is 10.3. The Kier molecular flexibility index (Phi) is 3.22. The predicted octanol–water partition coefficient (Wildman–Crippen LogP) is 2.71. The molecule has 0 radical (unpaired) electrons. The predicted molar refractivity (Wildman–Crippen MR) is 59.6 cm³/mol. The number of halogens is 3. The van der Waals surface area contributed by atoms with Crippen molar-refractivity contribution in [2.24, 2.45) is 5.92 Å². The van der Waals surface area contributed by atoms with Crippen molar-refractivity contribution in [2.45, 2.75) is 38.2 Å². The van der Waals surface area contributed by atoms with Crippen LogP contribution in [0.3, 0.4) is 0 Å². The summed E-state index contributed by atoms with van der Waals surface area (Å²) in [4.78, 5) is 3.92. The van der Waals surface area contributed by atoms with Crippen LogP contribution in [0.2, 0.25) is 0 Å². The molecule has 0 amide bonds. The highest BCUT2D eigenvalue weighted by atomic mass is 127. The highest BCUT2D eigenvalue weighted by Crippen LogP contribution is 2.39. The van der Waals surface area contributed by atoms with Gasteiger partial charge in [-0.3, -0.25) is 4.68 Å². The number of hydrogen-bond acceptors (Lipinski definition) is 2. The first-order valence-corrected chi connectivity index (χ1v) is 6.08. The molecule has 0 N–H and O–H groups in total. The molecular formula is C9H12F2IN3. The van der Waals surface area contributed by atoms with Crippen LogP contribution in [-0.2, 0) is 6.54 Å². The van der Waals surface area contributed by atoms with Crippen molar-refractivity contribution in [3.63, 3.8) is 0 Å². The van der Waals surface area contributed by atoms with Crippen molar-refractivity contribution < 1.29 is 8.78 Å². The molecule has 0 saturated heterocycles. The molecule has 1 fully saturated rings. The van der Waals surface area contributed by atoms with Crippen molar-refractivity contribution in [3.05, 3.63) is 10.2 Å². The normalized spacial score (nSPS) is 25.4. The first-order valence-electron chi connectivity index (χ1n) is 5.01. The lowest BCUT2D eigenvalue weighted by molar-refractivity contribution is -0.0919. The van der Waals surface area contributed by atoms with Gasteiger partial charge in [-0.15, -0.1) is 5.10 Å². The van der Waals surface area contributed by atoms with E-state index in [0.717, 1.165) is 6.42 Å². The topological polar surface area (TPSA) is 30.7 Å². The molecule has 0 bridgehead atoms. The Morgan fingerprint density at radius 2 is 2.33 bits per heavy atom. The highest BCUT2D eigenvalue weighted by molar-refractivity contribution is 14.1. The summed E-state index contributed by atoms with van der Waals surface area (Å²) in [6, 6.07) is 0. The molecule has 0 aliphatic heterocycles. The van der Waals surface area contributed by atoms with Gasteiger partial charge in [0, 0.05) is 34.9 Å². The Bertz CT molecular complexity index is 340. The third-order valence-electron chi connectivity index (χ3n) is 2.83. The van der Waals surface area contributed by atoms with Crippen molar-refractivity contribution in [2.75, 3.05) is 0 Å². The zero-order valence-electron chi connectivity index (χ0n) is 8.17. The first-order chi connectivity index (χ1) is 7.08. The summed E-state index contributed by atoms with van der Waals surface area (Å²) in [7, 11) is 0. The maximum Gasteiger partial charge on any atom is 0.252 e. The molecule has 6 heteroatoms. The molecule has 1 aromatic heterocycles. The van der Waals surface area contributed by atoms with Crippen LogP contribution in [0.5, 0.6) is 0 Å². The fourth-order valence-corrected chi connectivity index (χ4v) is 2.38. The van der Waals surface area contributed by atoms with E-state index in [9.17, 15) is 8.78 Å². The molecule has 1 aliphatic carbocycles. The van der Waals surface area contributed by atoms with Crippen LogP contribution in [0.15, 0.2) is 6.33 Å². The second-order valence-electron chi connectivity index (χ2n) is 3.94. The molecule has 0 aromatic carbocycles. The minimum Gasteiger partial charge on any atom is -0.251 e. The smallest absolute Gasteiger partial charge is 0.251 e. The summed E-state index contributed by atoms with van der Waals surface area (Å²) in [5, 5.41) is 4.03. The number of nitrogens with zero attached hydrogens (tertiary/aromatic N) is 3. The van der Waals surface area contributed by atoms with Crippen LogP contribution >= 0.6 is 22.6 Å². The Labute approximate surface area is 100 Å². The summed E-state index contributed by atoms with van der Waals surface area (Å²) in [5.41, 5.74) is 0. The molecule has 2 rings (SSSR count). The highest BCUT2D eigenvalue weighted by Gasteiger charge is 2.41. The SMILES string of the molecule is FC1(F)CCCCC1Cn1cnc(I)n1. The molecule has 1 aliphatic rings. The van der Waals surface area contributed by atoms with Crippen molar-refractivity contribution in [3.8, 4) is 0 Å². The average Bonchev–Trinajstić information content (AvgIpc) is 2.55. The summed E-state index contributed by atoms with van der Waals surface area (Å²) >= 11 is 1.97. The van der Waals surface area contributed by atoms with E-state index < -0.39 is 11.8 Å². The van der Waals surface area contributed by atoms with E-state index in [4.69, 9.17) is 0 Å². The second-order valence-corrected chi connectivity index (χ2v) is 4.90. The van der Waals surface area contributed by atoms with Crippen LogP contribution in [0, 0.1) is 9.75 Å². The van der Waals surface area contributed by atoms with Gasteiger partial charge in [-0.05, 0) is 12.8 Å². The van der Waals surface area contributed by atoms with E-state index in [2.05, 4.69) is 10.1 Å². The van der Waals surface area contributed by atoms with Gasteiger partial charge in [0.1, 0.15) is 6.33 Å². The first kappa shape index (κ1) is 11.2. The van der Waals surface area contributed by atoms with Crippen LogP contribution in [0.4, 0.5) is 8.78 Å². The molecule has 1 unspecified atom stereocenters. The van der Waals surface area contributed by atoms with Crippen molar-refractivity contribution in [1.29, 1.82) is 0 Å². The molecule has 15 heavy (non-hydrogen) atoms. The maximum absolute atomic E-state index is 13.5. The van der Waals surface area contributed by atoms with E-state index in [0.29, 0.717) is 16.7 Å². The Morgan fingerprint density at radius 3 is 2.93 bits per heavy atom. The van der Waals surface area contributed by atoms with Crippen molar-refractivity contribution in [1.82, 2.24) is 14.8 Å². The minimum absolute atomic E-state index is 0.0173. The minimum atomic E-state index is -2.53. The lowest BCUT2D eigenvalue weighted by Crippen LogP contribution is -2.34. The Hall–Kier alpha value is -0.270. The Morgan fingerprint density at radius 1 is 1.53 bits per heavy atom. The summed E-state index contributed by atoms with van der Waals surface area (Å²) in [6.45, 7) is 0.281. The van der Waals surface area contributed by atoms with Gasteiger partial charge in [0.15, 0.2) is 0 Å². The standard InChI is InChI=1S/C9H12F2IN3/c10-9(11)4-2-1-3-7(9)5-15-6-13-8(12)14-15/h6-7H,1-5H2. The average molecular weight is 327 g/mol. The third kappa shape index (κ3) is 2.64. The largest absolute Gasteiger partial charge is 0.252 e. The van der Waals surface area contributed by atoms with E-state index >= 15 is 0 Å². The summed E-state index contributed by atoms with van der Waals surface area (Å²) < 4.78 is 29.1. The fraction of sp³-hybridized carbons (Fsp3) is 0.778. The van der Waals surface area contributed by atoms with Crippen molar-refractivity contribution >= 4 is 22.6 Å². The van der Waals surface area contributed by atoms with E-state index in [1.165, 1.54) is 11.0 Å². The second kappa shape index (κ2) is 4.31. The van der Waals surface area contributed by atoms with E-state index in [-0.39, 0.29) is 13.0 Å². The van der Waals surface area contributed by atoms with E-state index in [1.807, 2.05) is 22.6 Å². The lowest BCUT2D eigenvalue weighted by Gasteiger charge is -2.30. The molecule has 1 aromatic rings. The van der Waals surface area contributed by atoms with Gasteiger partial charge in [-0.25, -0.2) is 13.8 Å². The summed E-state index contributed by atoms with van der Waals surface area (Å²) in [5.74, 6) is -3.11. The van der Waals surface area contributed by atoms with Gasteiger partial charge in [-0.1, -0.05) is 6.42 Å². The Balaban J connectivity index is 2.04. The number of rotatable bonds is 2. The molecular weight excluding hydrogens is 315 g/mol. The fourth-order valence-electron chi connectivity index (χ4n) is 1.98. The van der Waals surface area contributed by atoms with Gasteiger partial charge < -0.3 is 0 Å². The molecule has 1 heterocycles. The third-order valence-corrected chi connectivity index (χ3v) is 3.32. The monoisotopic (exact) mass is 327 g/mol. The summed E-state index contributed by atoms with van der Waals surface area (Å²) in [6.07, 6.45) is 3.66. The number of aromatic nitrogens is 3. The molecule has 0 spiro atoms. The van der Waals surface area contributed by atoms with Crippen LogP contribution < -0.4 is 0 Å². The van der Waals surface area contributed by atoms with Crippen LogP contribution in [0.1, 0.15) is 25.7 Å². The van der Waals surface area contributed by atoms with Gasteiger partial charge in [-0.2, -0.15) is 0 Å². The molecule has 1 saturated carbocycles. The quantitative estimate of drug-likeness (QED) is 0.782. The van der Waals surface area contributed by atoms with Gasteiger partial charge in [0.2, 0.25) is 3.83 Å².